The Kier molecular flexibility index (Phi) is 6.56. The molecule has 3 rings (SSSR count). The number of benzene rings is 2. The zero-order valence-corrected chi connectivity index (χ0v) is 17.2. The van der Waals surface area contributed by atoms with Gasteiger partial charge >= 0.3 is 0 Å². The fraction of sp³-hybridized carbons (Fsp3) is 0.409. The van der Waals surface area contributed by atoms with E-state index in [2.05, 4.69) is 46.7 Å². The Labute approximate surface area is 167 Å². The minimum atomic E-state index is 0.140. The predicted molar refractivity (Wildman–Crippen MR) is 118 cm³/mol. The van der Waals surface area contributed by atoms with Crippen molar-refractivity contribution in [2.24, 2.45) is 0 Å². The average molecular weight is 384 g/mol. The van der Waals surface area contributed by atoms with Crippen LogP contribution in [0.2, 0.25) is 0 Å². The highest BCUT2D eigenvalue weighted by molar-refractivity contribution is 7.80. The maximum atomic E-state index is 5.66. The minimum Gasteiger partial charge on any atom is -0.491 e. The van der Waals surface area contributed by atoms with Crippen LogP contribution in [0.15, 0.2) is 48.5 Å². The molecule has 5 heteroatoms. The summed E-state index contributed by atoms with van der Waals surface area (Å²) in [5.41, 5.74) is 3.48. The number of anilines is 2. The lowest BCUT2D eigenvalue weighted by Gasteiger charge is -2.20. The number of rotatable bonds is 6. The van der Waals surface area contributed by atoms with Crippen molar-refractivity contribution in [3.63, 3.8) is 0 Å². The molecule has 0 unspecified atom stereocenters. The SMILES string of the molecule is CC(C)Oc1ccc(NC(=S)N[C@@H](C)c2ccc(N3CCCC3)cc2)cc1. The normalized spacial score (nSPS) is 14.9. The molecule has 1 aliphatic heterocycles. The van der Waals surface area contributed by atoms with Crippen molar-refractivity contribution in [2.75, 3.05) is 23.3 Å². The lowest BCUT2D eigenvalue weighted by molar-refractivity contribution is 0.242. The summed E-state index contributed by atoms with van der Waals surface area (Å²) in [6, 6.07) is 16.8. The lowest BCUT2D eigenvalue weighted by atomic mass is 10.1. The smallest absolute Gasteiger partial charge is 0.171 e. The molecule has 0 aromatic heterocycles. The van der Waals surface area contributed by atoms with Crippen molar-refractivity contribution in [3.8, 4) is 5.75 Å². The molecule has 0 saturated carbocycles. The third-order valence-corrected chi connectivity index (χ3v) is 4.92. The molecule has 144 valence electrons. The molecular formula is C22H29N3OS. The van der Waals surface area contributed by atoms with Crippen LogP contribution in [0.3, 0.4) is 0 Å². The van der Waals surface area contributed by atoms with E-state index >= 15 is 0 Å². The van der Waals surface area contributed by atoms with Crippen molar-refractivity contribution >= 4 is 28.7 Å². The second-order valence-corrected chi connectivity index (χ2v) is 7.71. The van der Waals surface area contributed by atoms with Crippen LogP contribution in [0.5, 0.6) is 5.75 Å². The molecule has 4 nitrogen and oxygen atoms in total. The molecule has 27 heavy (non-hydrogen) atoms. The third kappa shape index (κ3) is 5.60. The maximum absolute atomic E-state index is 5.66. The second kappa shape index (κ2) is 9.09. The highest BCUT2D eigenvalue weighted by atomic mass is 32.1. The fourth-order valence-electron chi connectivity index (χ4n) is 3.29. The average Bonchev–Trinajstić information content (AvgIpc) is 3.18. The van der Waals surface area contributed by atoms with Gasteiger partial charge in [-0.1, -0.05) is 12.1 Å². The van der Waals surface area contributed by atoms with Crippen LogP contribution in [0.4, 0.5) is 11.4 Å². The Bertz CT molecular complexity index is 737. The topological polar surface area (TPSA) is 36.5 Å². The number of nitrogens with zero attached hydrogens (tertiary/aromatic N) is 1. The van der Waals surface area contributed by atoms with E-state index in [1.807, 2.05) is 38.1 Å². The summed E-state index contributed by atoms with van der Waals surface area (Å²) in [6.45, 7) is 8.50. The number of hydrogen-bond acceptors (Lipinski definition) is 3. The summed E-state index contributed by atoms with van der Waals surface area (Å²) >= 11 is 5.47. The first-order valence-electron chi connectivity index (χ1n) is 9.70. The molecule has 2 aromatic carbocycles. The summed E-state index contributed by atoms with van der Waals surface area (Å²) in [5, 5.41) is 7.21. The third-order valence-electron chi connectivity index (χ3n) is 4.70. The van der Waals surface area contributed by atoms with Gasteiger partial charge in [0.05, 0.1) is 12.1 Å². The van der Waals surface area contributed by atoms with E-state index in [1.165, 1.54) is 37.2 Å². The van der Waals surface area contributed by atoms with Crippen molar-refractivity contribution in [1.29, 1.82) is 0 Å². The number of ether oxygens (including phenoxy) is 1. The van der Waals surface area contributed by atoms with Gasteiger partial charge in [-0.2, -0.15) is 0 Å². The quantitative estimate of drug-likeness (QED) is 0.677. The predicted octanol–water partition coefficient (Wildman–Crippen LogP) is 5.12. The number of hydrogen-bond donors (Lipinski definition) is 2. The Morgan fingerprint density at radius 3 is 2.19 bits per heavy atom. The van der Waals surface area contributed by atoms with E-state index in [9.17, 15) is 0 Å². The Morgan fingerprint density at radius 2 is 1.59 bits per heavy atom. The standard InChI is InChI=1S/C22H29N3OS/c1-16(2)26-21-12-8-19(9-13-21)24-22(27)23-17(3)18-6-10-20(11-7-18)25-14-4-5-15-25/h6-13,16-17H,4-5,14-15H2,1-3H3,(H2,23,24,27)/t17-/m0/s1. The molecule has 0 spiro atoms. The van der Waals surface area contributed by atoms with Gasteiger partial charge in [0.15, 0.2) is 5.11 Å². The van der Waals surface area contributed by atoms with Crippen molar-refractivity contribution in [1.82, 2.24) is 5.32 Å². The molecule has 0 radical (unpaired) electrons. The van der Waals surface area contributed by atoms with Crippen LogP contribution in [0, 0.1) is 0 Å². The zero-order chi connectivity index (χ0) is 19.2. The number of nitrogens with one attached hydrogen (secondary N) is 2. The first kappa shape index (κ1) is 19.5. The highest BCUT2D eigenvalue weighted by Gasteiger charge is 2.13. The summed E-state index contributed by atoms with van der Waals surface area (Å²) in [6.07, 6.45) is 2.76. The second-order valence-electron chi connectivity index (χ2n) is 7.30. The van der Waals surface area contributed by atoms with E-state index < -0.39 is 0 Å². The monoisotopic (exact) mass is 383 g/mol. The fourth-order valence-corrected chi connectivity index (χ4v) is 3.58. The minimum absolute atomic E-state index is 0.140. The van der Waals surface area contributed by atoms with Gasteiger partial charge in [0.1, 0.15) is 5.75 Å². The molecule has 2 N–H and O–H groups in total. The maximum Gasteiger partial charge on any atom is 0.171 e. The van der Waals surface area contributed by atoms with E-state index in [0.29, 0.717) is 5.11 Å². The van der Waals surface area contributed by atoms with Crippen LogP contribution < -0.4 is 20.3 Å². The molecule has 0 aliphatic carbocycles. The summed E-state index contributed by atoms with van der Waals surface area (Å²) in [4.78, 5) is 2.45. The van der Waals surface area contributed by atoms with Crippen LogP contribution >= 0.6 is 12.2 Å². The van der Waals surface area contributed by atoms with E-state index in [-0.39, 0.29) is 12.1 Å². The van der Waals surface area contributed by atoms with Crippen LogP contribution in [0.1, 0.15) is 45.2 Å². The van der Waals surface area contributed by atoms with Crippen molar-refractivity contribution in [3.05, 3.63) is 54.1 Å². The highest BCUT2D eigenvalue weighted by Crippen LogP contribution is 2.23. The van der Waals surface area contributed by atoms with Gasteiger partial charge in [0.25, 0.3) is 0 Å². The molecular weight excluding hydrogens is 354 g/mol. The molecule has 1 saturated heterocycles. The van der Waals surface area contributed by atoms with Crippen molar-refractivity contribution in [2.45, 2.75) is 45.8 Å². The largest absolute Gasteiger partial charge is 0.491 e. The van der Waals surface area contributed by atoms with Crippen LogP contribution in [-0.4, -0.2) is 24.3 Å². The number of thiocarbonyl (C=S) groups is 1. The van der Waals surface area contributed by atoms with Crippen molar-refractivity contribution < 1.29 is 4.74 Å². The van der Waals surface area contributed by atoms with Crippen LogP contribution in [0.25, 0.3) is 0 Å². The first-order valence-corrected chi connectivity index (χ1v) is 10.1. The molecule has 0 amide bonds. The van der Waals surface area contributed by atoms with E-state index in [0.717, 1.165) is 11.4 Å². The summed E-state index contributed by atoms with van der Waals surface area (Å²) < 4.78 is 5.66. The van der Waals surface area contributed by atoms with E-state index in [1.54, 1.807) is 0 Å². The van der Waals surface area contributed by atoms with Gasteiger partial charge in [-0.25, -0.2) is 0 Å². The Morgan fingerprint density at radius 1 is 0.963 bits per heavy atom. The van der Waals surface area contributed by atoms with Gasteiger partial charge in [-0.15, -0.1) is 0 Å². The van der Waals surface area contributed by atoms with Gasteiger partial charge in [-0.05, 0) is 87.8 Å². The molecule has 1 atom stereocenters. The van der Waals surface area contributed by atoms with Gasteiger partial charge < -0.3 is 20.3 Å². The zero-order valence-electron chi connectivity index (χ0n) is 16.4. The molecule has 1 fully saturated rings. The molecule has 1 aliphatic rings. The molecule has 2 aromatic rings. The summed E-state index contributed by atoms with van der Waals surface area (Å²) in [5.74, 6) is 0.862. The van der Waals surface area contributed by atoms with Gasteiger partial charge in [-0.3, -0.25) is 0 Å². The molecule has 1 heterocycles. The van der Waals surface area contributed by atoms with Gasteiger partial charge in [0, 0.05) is 24.5 Å². The lowest BCUT2D eigenvalue weighted by Crippen LogP contribution is -2.30. The van der Waals surface area contributed by atoms with Gasteiger partial charge in [0.2, 0.25) is 0 Å². The molecule has 0 bridgehead atoms. The van der Waals surface area contributed by atoms with Crippen LogP contribution in [-0.2, 0) is 0 Å². The Hall–Kier alpha value is -2.27. The van der Waals surface area contributed by atoms with E-state index in [4.69, 9.17) is 17.0 Å². The Balaban J connectivity index is 1.52. The summed E-state index contributed by atoms with van der Waals surface area (Å²) in [7, 11) is 0. The first-order chi connectivity index (χ1) is 13.0.